The van der Waals surface area contributed by atoms with Gasteiger partial charge in [0, 0.05) is 13.2 Å². The smallest absolute Gasteiger partial charge is 0.0591 e. The SMILES string of the molecule is CC(C)COCCNCC1CCNCC1. The lowest BCUT2D eigenvalue weighted by molar-refractivity contribution is 0.111. The van der Waals surface area contributed by atoms with Crippen molar-refractivity contribution in [1.29, 1.82) is 0 Å². The molecule has 1 saturated heterocycles. The van der Waals surface area contributed by atoms with E-state index in [0.717, 1.165) is 32.2 Å². The fourth-order valence-electron chi connectivity index (χ4n) is 1.86. The third-order valence-electron chi connectivity index (χ3n) is 2.77. The van der Waals surface area contributed by atoms with Crippen LogP contribution in [-0.2, 0) is 4.74 Å². The van der Waals surface area contributed by atoms with Crippen LogP contribution in [0.4, 0.5) is 0 Å². The van der Waals surface area contributed by atoms with E-state index in [1.165, 1.54) is 25.9 Å². The van der Waals surface area contributed by atoms with E-state index in [1.807, 2.05) is 0 Å². The third kappa shape index (κ3) is 6.88. The molecule has 0 bridgehead atoms. The summed E-state index contributed by atoms with van der Waals surface area (Å²) in [5, 5.41) is 6.86. The molecule has 90 valence electrons. The van der Waals surface area contributed by atoms with Crippen LogP contribution in [0, 0.1) is 11.8 Å². The highest BCUT2D eigenvalue weighted by molar-refractivity contribution is 4.70. The van der Waals surface area contributed by atoms with Crippen LogP contribution >= 0.6 is 0 Å². The van der Waals surface area contributed by atoms with Crippen LogP contribution in [0.1, 0.15) is 26.7 Å². The standard InChI is InChI=1S/C12H26N2O/c1-11(2)10-15-8-7-14-9-12-3-5-13-6-4-12/h11-14H,3-10H2,1-2H3. The monoisotopic (exact) mass is 214 g/mol. The Morgan fingerprint density at radius 3 is 2.73 bits per heavy atom. The van der Waals surface area contributed by atoms with Crippen molar-refractivity contribution in [2.45, 2.75) is 26.7 Å². The van der Waals surface area contributed by atoms with Crippen LogP contribution in [0.5, 0.6) is 0 Å². The van der Waals surface area contributed by atoms with Crippen molar-refractivity contribution in [2.75, 3.05) is 39.4 Å². The maximum absolute atomic E-state index is 5.51. The Bertz CT molecular complexity index is 145. The van der Waals surface area contributed by atoms with Gasteiger partial charge in [0.25, 0.3) is 0 Å². The molecule has 1 fully saturated rings. The second kappa shape index (κ2) is 8.08. The molecule has 0 atom stereocenters. The Balaban J connectivity index is 1.83. The van der Waals surface area contributed by atoms with E-state index in [0.29, 0.717) is 5.92 Å². The Hall–Kier alpha value is -0.120. The zero-order valence-electron chi connectivity index (χ0n) is 10.2. The van der Waals surface area contributed by atoms with Gasteiger partial charge in [-0.25, -0.2) is 0 Å². The van der Waals surface area contributed by atoms with Gasteiger partial charge in [0.2, 0.25) is 0 Å². The van der Waals surface area contributed by atoms with Gasteiger partial charge in [-0.3, -0.25) is 0 Å². The first-order valence-corrected chi connectivity index (χ1v) is 6.28. The number of hydrogen-bond donors (Lipinski definition) is 2. The molecule has 0 aromatic rings. The van der Waals surface area contributed by atoms with Gasteiger partial charge in [-0.15, -0.1) is 0 Å². The molecule has 0 aromatic heterocycles. The molecule has 1 aliphatic heterocycles. The predicted molar refractivity (Wildman–Crippen MR) is 64.1 cm³/mol. The molecule has 15 heavy (non-hydrogen) atoms. The van der Waals surface area contributed by atoms with E-state index < -0.39 is 0 Å². The highest BCUT2D eigenvalue weighted by atomic mass is 16.5. The fraction of sp³-hybridized carbons (Fsp3) is 1.00. The van der Waals surface area contributed by atoms with E-state index in [2.05, 4.69) is 24.5 Å². The predicted octanol–water partition coefficient (Wildman–Crippen LogP) is 1.25. The molecule has 1 heterocycles. The molecule has 0 spiro atoms. The molecule has 1 aliphatic rings. The minimum absolute atomic E-state index is 0.648. The van der Waals surface area contributed by atoms with Crippen molar-refractivity contribution in [2.24, 2.45) is 11.8 Å². The summed E-state index contributed by atoms with van der Waals surface area (Å²) in [5.41, 5.74) is 0. The first kappa shape index (κ1) is 12.9. The van der Waals surface area contributed by atoms with E-state index in [-0.39, 0.29) is 0 Å². The summed E-state index contributed by atoms with van der Waals surface area (Å²) in [4.78, 5) is 0. The lowest BCUT2D eigenvalue weighted by atomic mass is 9.98. The van der Waals surface area contributed by atoms with E-state index in [9.17, 15) is 0 Å². The summed E-state index contributed by atoms with van der Waals surface area (Å²) in [6.07, 6.45) is 2.64. The van der Waals surface area contributed by atoms with Crippen molar-refractivity contribution < 1.29 is 4.74 Å². The summed E-state index contributed by atoms with van der Waals surface area (Å²) >= 11 is 0. The van der Waals surface area contributed by atoms with E-state index in [1.54, 1.807) is 0 Å². The molecule has 0 aromatic carbocycles. The van der Waals surface area contributed by atoms with Crippen molar-refractivity contribution >= 4 is 0 Å². The second-order valence-electron chi connectivity index (χ2n) is 4.87. The first-order valence-electron chi connectivity index (χ1n) is 6.28. The van der Waals surface area contributed by atoms with Gasteiger partial charge in [0.15, 0.2) is 0 Å². The molecular formula is C12H26N2O. The molecular weight excluding hydrogens is 188 g/mol. The molecule has 0 amide bonds. The topological polar surface area (TPSA) is 33.3 Å². The van der Waals surface area contributed by atoms with Crippen LogP contribution in [-0.4, -0.2) is 39.4 Å². The zero-order valence-corrected chi connectivity index (χ0v) is 10.2. The number of nitrogens with one attached hydrogen (secondary N) is 2. The molecule has 0 aliphatic carbocycles. The van der Waals surface area contributed by atoms with Gasteiger partial charge < -0.3 is 15.4 Å². The van der Waals surface area contributed by atoms with Crippen LogP contribution in [0.25, 0.3) is 0 Å². The normalized spacial score (nSPS) is 18.6. The van der Waals surface area contributed by atoms with E-state index >= 15 is 0 Å². The molecule has 2 N–H and O–H groups in total. The average molecular weight is 214 g/mol. The Morgan fingerprint density at radius 2 is 2.07 bits per heavy atom. The quantitative estimate of drug-likeness (QED) is 0.626. The summed E-state index contributed by atoms with van der Waals surface area (Å²) in [6, 6.07) is 0. The zero-order chi connectivity index (χ0) is 10.9. The average Bonchev–Trinajstić information content (AvgIpc) is 2.24. The highest BCUT2D eigenvalue weighted by Gasteiger charge is 2.11. The van der Waals surface area contributed by atoms with Gasteiger partial charge in [0.05, 0.1) is 6.61 Å². The van der Waals surface area contributed by atoms with Crippen LogP contribution in [0.3, 0.4) is 0 Å². The van der Waals surface area contributed by atoms with Crippen LogP contribution in [0.15, 0.2) is 0 Å². The Labute approximate surface area is 94.0 Å². The van der Waals surface area contributed by atoms with Crippen LogP contribution in [0.2, 0.25) is 0 Å². The fourth-order valence-corrected chi connectivity index (χ4v) is 1.86. The lowest BCUT2D eigenvalue weighted by Crippen LogP contribution is -2.34. The van der Waals surface area contributed by atoms with Gasteiger partial charge in [-0.2, -0.15) is 0 Å². The number of hydrogen-bond acceptors (Lipinski definition) is 3. The third-order valence-corrected chi connectivity index (χ3v) is 2.77. The van der Waals surface area contributed by atoms with Gasteiger partial charge in [-0.1, -0.05) is 13.8 Å². The largest absolute Gasteiger partial charge is 0.380 e. The molecule has 0 saturated carbocycles. The molecule has 0 unspecified atom stereocenters. The van der Waals surface area contributed by atoms with E-state index in [4.69, 9.17) is 4.74 Å². The Morgan fingerprint density at radius 1 is 1.33 bits per heavy atom. The lowest BCUT2D eigenvalue weighted by Gasteiger charge is -2.22. The van der Waals surface area contributed by atoms with Crippen molar-refractivity contribution in [3.05, 3.63) is 0 Å². The molecule has 3 nitrogen and oxygen atoms in total. The first-order chi connectivity index (χ1) is 7.29. The minimum atomic E-state index is 0.648. The van der Waals surface area contributed by atoms with Gasteiger partial charge >= 0.3 is 0 Å². The minimum Gasteiger partial charge on any atom is -0.380 e. The number of rotatable bonds is 7. The van der Waals surface area contributed by atoms with Gasteiger partial charge in [0.1, 0.15) is 0 Å². The molecule has 1 rings (SSSR count). The van der Waals surface area contributed by atoms with Crippen molar-refractivity contribution in [3.8, 4) is 0 Å². The molecule has 3 heteroatoms. The molecule has 0 radical (unpaired) electrons. The van der Waals surface area contributed by atoms with Crippen molar-refractivity contribution in [3.63, 3.8) is 0 Å². The highest BCUT2D eigenvalue weighted by Crippen LogP contribution is 2.09. The number of ether oxygens (including phenoxy) is 1. The van der Waals surface area contributed by atoms with Gasteiger partial charge in [-0.05, 0) is 44.3 Å². The summed E-state index contributed by atoms with van der Waals surface area (Å²) in [6.45, 7) is 10.6. The summed E-state index contributed by atoms with van der Waals surface area (Å²) in [7, 11) is 0. The maximum Gasteiger partial charge on any atom is 0.0591 e. The number of piperidine rings is 1. The van der Waals surface area contributed by atoms with Crippen LogP contribution < -0.4 is 10.6 Å². The second-order valence-corrected chi connectivity index (χ2v) is 4.87. The Kier molecular flexibility index (Phi) is 6.98. The van der Waals surface area contributed by atoms with Crippen molar-refractivity contribution in [1.82, 2.24) is 10.6 Å². The maximum atomic E-state index is 5.51. The summed E-state index contributed by atoms with van der Waals surface area (Å²) in [5.74, 6) is 1.52. The summed E-state index contributed by atoms with van der Waals surface area (Å²) < 4.78 is 5.51.